The van der Waals surface area contributed by atoms with E-state index < -0.39 is 0 Å². The molecule has 2 N–H and O–H groups in total. The summed E-state index contributed by atoms with van der Waals surface area (Å²) in [5, 5.41) is 14.9. The van der Waals surface area contributed by atoms with Crippen LogP contribution in [0.15, 0.2) is 72.9 Å². The number of benzene rings is 2. The summed E-state index contributed by atoms with van der Waals surface area (Å²) in [6.07, 6.45) is 1.68. The van der Waals surface area contributed by atoms with E-state index in [9.17, 15) is 9.59 Å². The third kappa shape index (κ3) is 4.08. The van der Waals surface area contributed by atoms with Gasteiger partial charge in [0.2, 0.25) is 0 Å². The molecule has 0 spiro atoms. The van der Waals surface area contributed by atoms with Gasteiger partial charge in [0, 0.05) is 22.8 Å². The minimum absolute atomic E-state index is 0.00750. The summed E-state index contributed by atoms with van der Waals surface area (Å²) >= 11 is 0. The van der Waals surface area contributed by atoms with Crippen LogP contribution in [0.1, 0.15) is 27.8 Å². The zero-order valence-corrected chi connectivity index (χ0v) is 15.6. The van der Waals surface area contributed by atoms with Crippen molar-refractivity contribution < 1.29 is 9.59 Å². The first-order chi connectivity index (χ1) is 14.1. The Bertz CT molecular complexity index is 1180. The molecule has 0 aliphatic rings. The van der Waals surface area contributed by atoms with Gasteiger partial charge in [-0.05, 0) is 55.5 Å². The van der Waals surface area contributed by atoms with E-state index in [1.54, 1.807) is 48.7 Å². The molecule has 0 saturated carbocycles. The molecule has 1 amide bonds. The van der Waals surface area contributed by atoms with Crippen LogP contribution in [0.25, 0.3) is 10.9 Å². The molecule has 0 radical (unpaired) electrons. The van der Waals surface area contributed by atoms with Crippen LogP contribution < -0.4 is 10.6 Å². The zero-order chi connectivity index (χ0) is 20.2. The van der Waals surface area contributed by atoms with Gasteiger partial charge in [0.15, 0.2) is 17.3 Å². The maximum absolute atomic E-state index is 12.5. The lowest BCUT2D eigenvalue weighted by Gasteiger charge is -2.08. The Morgan fingerprint density at radius 2 is 1.66 bits per heavy atom. The highest BCUT2D eigenvalue weighted by molar-refractivity contribution is 6.07. The summed E-state index contributed by atoms with van der Waals surface area (Å²) in [5.74, 6) is 0.130. The fourth-order valence-corrected chi connectivity index (χ4v) is 2.85. The molecule has 7 nitrogen and oxygen atoms in total. The number of carbonyl (C=O) groups excluding carboxylic acids is 2. The second-order valence-corrected chi connectivity index (χ2v) is 6.40. The van der Waals surface area contributed by atoms with Gasteiger partial charge in [-0.2, -0.15) is 0 Å². The van der Waals surface area contributed by atoms with Crippen LogP contribution in [0.2, 0.25) is 0 Å². The van der Waals surface area contributed by atoms with E-state index in [0.717, 1.165) is 11.1 Å². The number of nitrogens with zero attached hydrogens (tertiary/aromatic N) is 3. The first kappa shape index (κ1) is 18.2. The molecule has 7 heteroatoms. The van der Waals surface area contributed by atoms with E-state index >= 15 is 0 Å². The highest BCUT2D eigenvalue weighted by atomic mass is 16.2. The van der Waals surface area contributed by atoms with Gasteiger partial charge in [-0.1, -0.05) is 18.2 Å². The Hall–Kier alpha value is -4.13. The number of pyridine rings is 1. The van der Waals surface area contributed by atoms with Gasteiger partial charge in [-0.15, -0.1) is 10.2 Å². The molecule has 142 valence electrons. The Labute approximate surface area is 166 Å². The largest absolute Gasteiger partial charge is 0.339 e. The summed E-state index contributed by atoms with van der Waals surface area (Å²) < 4.78 is 0. The highest BCUT2D eigenvalue weighted by Crippen LogP contribution is 2.21. The Kier molecular flexibility index (Phi) is 4.94. The number of ketones is 1. The highest BCUT2D eigenvalue weighted by Gasteiger charge is 2.11. The van der Waals surface area contributed by atoms with Crippen molar-refractivity contribution in [3.05, 3.63) is 84.2 Å². The van der Waals surface area contributed by atoms with Crippen LogP contribution >= 0.6 is 0 Å². The van der Waals surface area contributed by atoms with Crippen LogP contribution in [-0.4, -0.2) is 26.9 Å². The summed E-state index contributed by atoms with van der Waals surface area (Å²) in [6.45, 7) is 1.52. The van der Waals surface area contributed by atoms with Gasteiger partial charge in [0.1, 0.15) is 0 Å². The zero-order valence-electron chi connectivity index (χ0n) is 15.6. The predicted octanol–water partition coefficient (Wildman–Crippen LogP) is 4.22. The number of amides is 1. The fourth-order valence-electron chi connectivity index (χ4n) is 2.85. The smallest absolute Gasteiger partial charge is 0.276 e. The number of para-hydroxylation sites is 1. The standard InChI is InChI=1S/C22H17N5O2/c1-14(28)15-7-9-17(10-8-15)24-20-12-11-19(26-27-20)22(29)25-18-6-2-4-16-5-3-13-23-21(16)18/h2-13H,1H3,(H,24,27)(H,25,29). The van der Waals surface area contributed by atoms with Crippen molar-refractivity contribution in [2.24, 2.45) is 0 Å². The van der Waals surface area contributed by atoms with E-state index in [1.807, 2.05) is 24.3 Å². The minimum Gasteiger partial charge on any atom is -0.339 e. The number of aromatic nitrogens is 3. The van der Waals surface area contributed by atoms with E-state index in [1.165, 1.54) is 6.92 Å². The monoisotopic (exact) mass is 383 g/mol. The first-order valence-corrected chi connectivity index (χ1v) is 8.97. The summed E-state index contributed by atoms with van der Waals surface area (Å²) in [4.78, 5) is 28.2. The summed E-state index contributed by atoms with van der Waals surface area (Å²) in [5.41, 5.74) is 2.92. The van der Waals surface area contributed by atoms with Crippen LogP contribution in [0.3, 0.4) is 0 Å². The number of anilines is 3. The SMILES string of the molecule is CC(=O)c1ccc(Nc2ccc(C(=O)Nc3cccc4cccnc34)nn2)cc1. The van der Waals surface area contributed by atoms with E-state index in [4.69, 9.17) is 0 Å². The lowest BCUT2D eigenvalue weighted by molar-refractivity contribution is 0.101. The minimum atomic E-state index is -0.368. The third-order valence-electron chi connectivity index (χ3n) is 4.34. The average Bonchev–Trinajstić information content (AvgIpc) is 2.75. The molecule has 0 unspecified atom stereocenters. The van der Waals surface area contributed by atoms with E-state index in [0.29, 0.717) is 22.6 Å². The molecular weight excluding hydrogens is 366 g/mol. The van der Waals surface area contributed by atoms with E-state index in [2.05, 4.69) is 25.8 Å². The van der Waals surface area contributed by atoms with Gasteiger partial charge in [0.25, 0.3) is 5.91 Å². The average molecular weight is 383 g/mol. The lowest BCUT2D eigenvalue weighted by Crippen LogP contribution is -2.15. The molecule has 29 heavy (non-hydrogen) atoms. The first-order valence-electron chi connectivity index (χ1n) is 8.97. The number of fused-ring (bicyclic) bond motifs is 1. The van der Waals surface area contributed by atoms with E-state index in [-0.39, 0.29) is 17.4 Å². The Morgan fingerprint density at radius 3 is 2.38 bits per heavy atom. The van der Waals surface area contributed by atoms with Crippen molar-refractivity contribution in [2.45, 2.75) is 6.92 Å². The van der Waals surface area contributed by atoms with Gasteiger partial charge < -0.3 is 10.6 Å². The van der Waals surface area contributed by atoms with Crippen LogP contribution in [0.5, 0.6) is 0 Å². The van der Waals surface area contributed by atoms with Gasteiger partial charge in [-0.3, -0.25) is 14.6 Å². The molecule has 0 fully saturated rings. The number of carbonyl (C=O) groups is 2. The molecule has 0 bridgehead atoms. The second-order valence-electron chi connectivity index (χ2n) is 6.40. The van der Waals surface area contributed by atoms with Gasteiger partial charge >= 0.3 is 0 Å². The predicted molar refractivity (Wildman–Crippen MR) is 111 cm³/mol. The number of rotatable bonds is 5. The lowest BCUT2D eigenvalue weighted by atomic mass is 10.1. The molecule has 0 aliphatic carbocycles. The molecule has 0 saturated heterocycles. The number of Topliss-reactive ketones (excluding diaryl/α,β-unsaturated/α-hetero) is 1. The molecule has 2 aromatic carbocycles. The van der Waals surface area contributed by atoms with Crippen molar-refractivity contribution in [3.8, 4) is 0 Å². The number of nitrogens with one attached hydrogen (secondary N) is 2. The number of hydrogen-bond donors (Lipinski definition) is 2. The quantitative estimate of drug-likeness (QED) is 0.501. The van der Waals surface area contributed by atoms with Gasteiger partial charge in [-0.25, -0.2) is 0 Å². The molecule has 4 aromatic rings. The number of hydrogen-bond acceptors (Lipinski definition) is 6. The van der Waals surface area contributed by atoms with Gasteiger partial charge in [0.05, 0.1) is 11.2 Å². The Balaban J connectivity index is 1.47. The molecule has 4 rings (SSSR count). The van der Waals surface area contributed by atoms with Crippen LogP contribution in [-0.2, 0) is 0 Å². The molecule has 0 atom stereocenters. The second kappa shape index (κ2) is 7.85. The summed E-state index contributed by atoms with van der Waals surface area (Å²) in [6, 6.07) is 19.7. The van der Waals surface area contributed by atoms with Crippen molar-refractivity contribution in [2.75, 3.05) is 10.6 Å². The molecule has 0 aliphatic heterocycles. The van der Waals surface area contributed by atoms with Crippen molar-refractivity contribution >= 4 is 39.8 Å². The maximum Gasteiger partial charge on any atom is 0.276 e. The van der Waals surface area contributed by atoms with Crippen LogP contribution in [0.4, 0.5) is 17.2 Å². The summed E-state index contributed by atoms with van der Waals surface area (Å²) in [7, 11) is 0. The fraction of sp³-hybridized carbons (Fsp3) is 0.0455. The maximum atomic E-state index is 12.5. The van der Waals surface area contributed by atoms with Crippen molar-refractivity contribution in [1.82, 2.24) is 15.2 Å². The third-order valence-corrected chi connectivity index (χ3v) is 4.34. The topological polar surface area (TPSA) is 96.9 Å². The molecule has 2 aromatic heterocycles. The molecule has 2 heterocycles. The van der Waals surface area contributed by atoms with Crippen LogP contribution in [0, 0.1) is 0 Å². The Morgan fingerprint density at radius 1 is 0.862 bits per heavy atom. The van der Waals surface area contributed by atoms with Crippen molar-refractivity contribution in [3.63, 3.8) is 0 Å². The molecular formula is C22H17N5O2. The van der Waals surface area contributed by atoms with Crippen molar-refractivity contribution in [1.29, 1.82) is 0 Å². The normalized spacial score (nSPS) is 10.5.